The van der Waals surface area contributed by atoms with Gasteiger partial charge in [0.25, 0.3) is 0 Å². The largest absolute Gasteiger partial charge is 0.396 e. The molecule has 1 aliphatic rings. The van der Waals surface area contributed by atoms with Crippen LogP contribution in [0.2, 0.25) is 0 Å². The van der Waals surface area contributed by atoms with E-state index >= 15 is 0 Å². The fourth-order valence-corrected chi connectivity index (χ4v) is 1.95. The van der Waals surface area contributed by atoms with E-state index < -0.39 is 0 Å². The van der Waals surface area contributed by atoms with Gasteiger partial charge in [0.2, 0.25) is 0 Å². The van der Waals surface area contributed by atoms with E-state index in [1.165, 1.54) is 12.8 Å². The minimum atomic E-state index is 0.303. The Kier molecular flexibility index (Phi) is 6.32. The van der Waals surface area contributed by atoms with Crippen LogP contribution in [0.25, 0.3) is 0 Å². The van der Waals surface area contributed by atoms with Crippen LogP contribution in [0.15, 0.2) is 0 Å². The predicted octanol–water partition coefficient (Wildman–Crippen LogP) is 1.47. The molecule has 0 spiro atoms. The first-order valence-electron chi connectivity index (χ1n) is 6.71. The van der Waals surface area contributed by atoms with Gasteiger partial charge in [-0.05, 0) is 45.6 Å². The van der Waals surface area contributed by atoms with Gasteiger partial charge in [-0.2, -0.15) is 0 Å². The third kappa shape index (κ3) is 5.83. The highest BCUT2D eigenvalue weighted by atomic mass is 16.3. The van der Waals surface area contributed by atoms with Gasteiger partial charge in [0.1, 0.15) is 0 Å². The molecule has 0 saturated heterocycles. The lowest BCUT2D eigenvalue weighted by Crippen LogP contribution is -2.38. The molecule has 1 rings (SSSR count). The third-order valence-corrected chi connectivity index (χ3v) is 3.21. The van der Waals surface area contributed by atoms with Crippen LogP contribution in [-0.2, 0) is 0 Å². The highest BCUT2D eigenvalue weighted by molar-refractivity contribution is 4.81. The van der Waals surface area contributed by atoms with Crippen LogP contribution in [0.1, 0.15) is 40.0 Å². The summed E-state index contributed by atoms with van der Waals surface area (Å²) in [5, 5.41) is 12.5. The molecule has 0 amide bonds. The van der Waals surface area contributed by atoms with Crippen molar-refractivity contribution in [3.8, 4) is 0 Å². The van der Waals surface area contributed by atoms with Crippen molar-refractivity contribution >= 4 is 0 Å². The monoisotopic (exact) mass is 228 g/mol. The number of nitrogens with zero attached hydrogens (tertiary/aromatic N) is 1. The lowest BCUT2D eigenvalue weighted by atomic mass is 10.1. The summed E-state index contributed by atoms with van der Waals surface area (Å²) in [4.78, 5) is 2.47. The van der Waals surface area contributed by atoms with Crippen molar-refractivity contribution in [2.24, 2.45) is 5.92 Å². The van der Waals surface area contributed by atoms with E-state index in [-0.39, 0.29) is 0 Å². The Balaban J connectivity index is 2.16. The summed E-state index contributed by atoms with van der Waals surface area (Å²) >= 11 is 0. The highest BCUT2D eigenvalue weighted by Gasteiger charge is 2.21. The van der Waals surface area contributed by atoms with Crippen LogP contribution in [0, 0.1) is 5.92 Å². The molecule has 16 heavy (non-hydrogen) atoms. The van der Waals surface area contributed by atoms with Crippen LogP contribution >= 0.6 is 0 Å². The Bertz CT molecular complexity index is 181. The average Bonchev–Trinajstić information content (AvgIpc) is 3.04. The Morgan fingerprint density at radius 3 is 2.50 bits per heavy atom. The van der Waals surface area contributed by atoms with E-state index in [4.69, 9.17) is 5.11 Å². The van der Waals surface area contributed by atoms with Gasteiger partial charge in [0, 0.05) is 31.8 Å². The van der Waals surface area contributed by atoms with Crippen LogP contribution in [0.4, 0.5) is 0 Å². The second-order valence-electron chi connectivity index (χ2n) is 5.45. The lowest BCUT2D eigenvalue weighted by molar-refractivity contribution is 0.170. The van der Waals surface area contributed by atoms with Crippen LogP contribution in [-0.4, -0.2) is 48.3 Å². The van der Waals surface area contributed by atoms with Gasteiger partial charge in [-0.3, -0.25) is 0 Å². The Hall–Kier alpha value is -0.120. The van der Waals surface area contributed by atoms with E-state index in [0.717, 1.165) is 32.1 Å². The first kappa shape index (κ1) is 13.9. The molecule has 1 atom stereocenters. The Morgan fingerprint density at radius 2 is 2.00 bits per heavy atom. The van der Waals surface area contributed by atoms with Gasteiger partial charge in [-0.25, -0.2) is 0 Å². The number of aliphatic hydroxyl groups is 1. The smallest absolute Gasteiger partial charge is 0.0443 e. The summed E-state index contributed by atoms with van der Waals surface area (Å²) in [5.41, 5.74) is 0. The fourth-order valence-electron chi connectivity index (χ4n) is 1.95. The highest BCUT2D eigenvalue weighted by Crippen LogP contribution is 2.19. The summed E-state index contributed by atoms with van der Waals surface area (Å²) in [6.07, 6.45) is 3.62. The minimum Gasteiger partial charge on any atom is -0.396 e. The number of rotatable bonds is 9. The second-order valence-corrected chi connectivity index (χ2v) is 5.45. The Labute approximate surface area is 100 Å². The summed E-state index contributed by atoms with van der Waals surface area (Å²) in [6.45, 7) is 10.4. The maximum absolute atomic E-state index is 8.88. The molecular formula is C13H28N2O. The normalized spacial score (nSPS) is 18.4. The zero-order valence-corrected chi connectivity index (χ0v) is 11.1. The molecule has 96 valence electrons. The number of hydrogen-bond donors (Lipinski definition) is 2. The van der Waals surface area contributed by atoms with Crippen LogP contribution < -0.4 is 5.32 Å². The third-order valence-electron chi connectivity index (χ3n) is 3.21. The summed E-state index contributed by atoms with van der Waals surface area (Å²) in [5.74, 6) is 0.696. The average molecular weight is 228 g/mol. The van der Waals surface area contributed by atoms with E-state index in [0.29, 0.717) is 18.6 Å². The maximum atomic E-state index is 8.88. The van der Waals surface area contributed by atoms with E-state index in [1.54, 1.807) is 0 Å². The molecule has 3 heteroatoms. The van der Waals surface area contributed by atoms with Crippen LogP contribution in [0.3, 0.4) is 0 Å². The summed E-state index contributed by atoms with van der Waals surface area (Å²) in [7, 11) is 0. The van der Waals surface area contributed by atoms with Crippen molar-refractivity contribution < 1.29 is 5.11 Å². The molecule has 1 saturated carbocycles. The summed E-state index contributed by atoms with van der Waals surface area (Å²) < 4.78 is 0. The molecule has 0 aromatic heterocycles. The predicted molar refractivity (Wildman–Crippen MR) is 68.6 cm³/mol. The first-order valence-corrected chi connectivity index (χ1v) is 6.71. The van der Waals surface area contributed by atoms with Gasteiger partial charge >= 0.3 is 0 Å². The SMILES string of the molecule is CC(CNC1CC1)CN(CCCO)C(C)C. The van der Waals surface area contributed by atoms with Crippen molar-refractivity contribution in [3.63, 3.8) is 0 Å². The molecule has 0 aromatic carbocycles. The fraction of sp³-hybridized carbons (Fsp3) is 1.00. The molecule has 1 aliphatic carbocycles. The van der Waals surface area contributed by atoms with Crippen molar-refractivity contribution in [1.82, 2.24) is 10.2 Å². The molecule has 0 bridgehead atoms. The molecule has 0 aromatic rings. The zero-order valence-electron chi connectivity index (χ0n) is 11.1. The molecular weight excluding hydrogens is 200 g/mol. The van der Waals surface area contributed by atoms with Crippen molar-refractivity contribution in [2.75, 3.05) is 26.2 Å². The van der Waals surface area contributed by atoms with Gasteiger partial charge in [-0.1, -0.05) is 6.92 Å². The number of nitrogens with one attached hydrogen (secondary N) is 1. The molecule has 0 heterocycles. The van der Waals surface area contributed by atoms with Gasteiger partial charge in [0.15, 0.2) is 0 Å². The van der Waals surface area contributed by atoms with E-state index in [1.807, 2.05) is 0 Å². The standard InChI is InChI=1S/C13H28N2O/c1-11(2)15(7-4-8-16)10-12(3)9-14-13-5-6-13/h11-14,16H,4-10H2,1-3H3. The van der Waals surface area contributed by atoms with Crippen molar-refractivity contribution in [3.05, 3.63) is 0 Å². The topological polar surface area (TPSA) is 35.5 Å². The number of hydrogen-bond acceptors (Lipinski definition) is 3. The first-order chi connectivity index (χ1) is 7.63. The van der Waals surface area contributed by atoms with Gasteiger partial charge < -0.3 is 15.3 Å². The molecule has 2 N–H and O–H groups in total. The maximum Gasteiger partial charge on any atom is 0.0443 e. The molecule has 1 fully saturated rings. The number of aliphatic hydroxyl groups excluding tert-OH is 1. The van der Waals surface area contributed by atoms with E-state index in [2.05, 4.69) is 31.0 Å². The van der Waals surface area contributed by atoms with Crippen LogP contribution in [0.5, 0.6) is 0 Å². The Morgan fingerprint density at radius 1 is 1.31 bits per heavy atom. The van der Waals surface area contributed by atoms with Gasteiger partial charge in [0.05, 0.1) is 0 Å². The molecule has 1 unspecified atom stereocenters. The van der Waals surface area contributed by atoms with Crippen molar-refractivity contribution in [2.45, 2.75) is 52.1 Å². The summed E-state index contributed by atoms with van der Waals surface area (Å²) in [6, 6.07) is 1.39. The molecule has 3 nitrogen and oxygen atoms in total. The molecule has 0 radical (unpaired) electrons. The minimum absolute atomic E-state index is 0.303. The zero-order chi connectivity index (χ0) is 12.0. The van der Waals surface area contributed by atoms with Crippen molar-refractivity contribution in [1.29, 1.82) is 0 Å². The molecule has 0 aliphatic heterocycles. The second kappa shape index (κ2) is 7.25. The quantitative estimate of drug-likeness (QED) is 0.627. The van der Waals surface area contributed by atoms with E-state index in [9.17, 15) is 0 Å². The van der Waals surface area contributed by atoms with Gasteiger partial charge in [-0.15, -0.1) is 0 Å². The lowest BCUT2D eigenvalue weighted by Gasteiger charge is -2.29.